The minimum Gasteiger partial charge on any atom is -0.395 e. The van der Waals surface area contributed by atoms with Crippen molar-refractivity contribution in [3.8, 4) is 0 Å². The number of nitrogen functional groups attached to an aromatic ring is 1. The zero-order valence-electron chi connectivity index (χ0n) is 9.28. The number of halogens is 3. The predicted octanol–water partition coefficient (Wildman–Crippen LogP) is 0.122. The first-order chi connectivity index (χ1) is 8.35. The Bertz CT molecular complexity index is 423. The molecule has 9 heteroatoms. The monoisotopic (exact) mass is 263 g/mol. The van der Waals surface area contributed by atoms with Gasteiger partial charge in [0.25, 0.3) is 0 Å². The molecule has 0 radical (unpaired) electrons. The topological polar surface area (TPSA) is 99.1 Å². The minimum atomic E-state index is -4.46. The first kappa shape index (κ1) is 14.2. The fourth-order valence-electron chi connectivity index (χ4n) is 1.37. The third kappa shape index (κ3) is 3.84. The number of nitrogens with two attached hydrogens (primary N) is 1. The van der Waals surface area contributed by atoms with Crippen molar-refractivity contribution < 1.29 is 18.3 Å². The lowest BCUT2D eigenvalue weighted by Crippen LogP contribution is -2.38. The van der Waals surface area contributed by atoms with Crippen LogP contribution in [0.15, 0.2) is 12.3 Å². The third-order valence-corrected chi connectivity index (χ3v) is 2.03. The average Bonchev–Trinajstić information content (AvgIpc) is 2.26. The highest BCUT2D eigenvalue weighted by molar-refractivity contribution is 5.99. The van der Waals surface area contributed by atoms with Gasteiger partial charge in [0.05, 0.1) is 18.4 Å². The molecule has 1 aromatic rings. The molecule has 0 fully saturated rings. The number of rotatable bonds is 5. The van der Waals surface area contributed by atoms with Crippen LogP contribution in [0.2, 0.25) is 0 Å². The zero-order chi connectivity index (χ0) is 13.8. The van der Waals surface area contributed by atoms with E-state index in [2.05, 4.69) is 10.2 Å². The van der Waals surface area contributed by atoms with Crippen LogP contribution in [-0.4, -0.2) is 47.0 Å². The molecule has 0 aliphatic carbocycles. The van der Waals surface area contributed by atoms with Crippen molar-refractivity contribution in [3.05, 3.63) is 17.8 Å². The Morgan fingerprint density at radius 3 is 2.67 bits per heavy atom. The second kappa shape index (κ2) is 5.63. The summed E-state index contributed by atoms with van der Waals surface area (Å²) in [7, 11) is 0. The highest BCUT2D eigenvalue weighted by Gasteiger charge is 2.32. The molecule has 0 amide bonds. The summed E-state index contributed by atoms with van der Waals surface area (Å²) in [4.78, 5) is 0.781. The molecule has 0 aliphatic heterocycles. The van der Waals surface area contributed by atoms with Gasteiger partial charge in [-0.2, -0.15) is 18.3 Å². The largest absolute Gasteiger partial charge is 0.405 e. The maximum atomic E-state index is 12.4. The standard InChI is InChI=1S/C9H12F3N5O/c10-9(11,12)5-17(3-4-18)8-6(7(13)14)1-2-15-16-8/h1-2,18H,3-5H2,(H3,13,14). The van der Waals surface area contributed by atoms with E-state index in [1.54, 1.807) is 0 Å². The first-order valence-electron chi connectivity index (χ1n) is 4.94. The number of anilines is 1. The Balaban J connectivity index is 3.09. The Hall–Kier alpha value is -1.90. The summed E-state index contributed by atoms with van der Waals surface area (Å²) in [6, 6.07) is 1.30. The number of aliphatic hydroxyl groups excluding tert-OH is 1. The Morgan fingerprint density at radius 2 is 2.17 bits per heavy atom. The number of aliphatic hydroxyl groups is 1. The van der Waals surface area contributed by atoms with Crippen LogP contribution in [0.25, 0.3) is 0 Å². The molecule has 0 aromatic carbocycles. The van der Waals surface area contributed by atoms with Gasteiger partial charge in [0.2, 0.25) is 0 Å². The molecule has 0 atom stereocenters. The van der Waals surface area contributed by atoms with Crippen molar-refractivity contribution in [2.45, 2.75) is 6.18 Å². The summed E-state index contributed by atoms with van der Waals surface area (Å²) < 4.78 is 37.2. The Labute approximate surface area is 101 Å². The molecule has 0 aliphatic rings. The van der Waals surface area contributed by atoms with Gasteiger partial charge >= 0.3 is 6.18 Å². The number of nitrogens with one attached hydrogen (secondary N) is 1. The highest BCUT2D eigenvalue weighted by atomic mass is 19.4. The van der Waals surface area contributed by atoms with E-state index < -0.39 is 25.2 Å². The summed E-state index contributed by atoms with van der Waals surface area (Å²) in [5.41, 5.74) is 5.30. The van der Waals surface area contributed by atoms with E-state index in [0.29, 0.717) is 0 Å². The second-order valence-corrected chi connectivity index (χ2v) is 3.44. The van der Waals surface area contributed by atoms with Gasteiger partial charge in [-0.15, -0.1) is 5.10 Å². The number of alkyl halides is 3. The molecule has 0 saturated heterocycles. The lowest BCUT2D eigenvalue weighted by molar-refractivity contribution is -0.120. The third-order valence-electron chi connectivity index (χ3n) is 2.03. The molecule has 1 rings (SSSR count). The fourth-order valence-corrected chi connectivity index (χ4v) is 1.37. The quantitative estimate of drug-likeness (QED) is 0.517. The fraction of sp³-hybridized carbons (Fsp3) is 0.444. The van der Waals surface area contributed by atoms with Crippen LogP contribution >= 0.6 is 0 Å². The summed E-state index contributed by atoms with van der Waals surface area (Å²) in [5, 5.41) is 23.1. The SMILES string of the molecule is N=C(N)c1ccnnc1N(CCO)CC(F)(F)F. The van der Waals surface area contributed by atoms with Crippen molar-refractivity contribution in [2.24, 2.45) is 5.73 Å². The van der Waals surface area contributed by atoms with Crippen LogP contribution in [0, 0.1) is 5.41 Å². The van der Waals surface area contributed by atoms with Gasteiger partial charge < -0.3 is 15.7 Å². The van der Waals surface area contributed by atoms with Crippen LogP contribution in [0.5, 0.6) is 0 Å². The van der Waals surface area contributed by atoms with Crippen molar-refractivity contribution in [3.63, 3.8) is 0 Å². The smallest absolute Gasteiger partial charge is 0.395 e. The molecule has 100 valence electrons. The molecular weight excluding hydrogens is 251 g/mol. The Morgan fingerprint density at radius 1 is 1.50 bits per heavy atom. The molecule has 1 heterocycles. The lowest BCUT2D eigenvalue weighted by atomic mass is 10.2. The van der Waals surface area contributed by atoms with Crippen LogP contribution in [-0.2, 0) is 0 Å². The van der Waals surface area contributed by atoms with Gasteiger partial charge in [0.15, 0.2) is 5.82 Å². The van der Waals surface area contributed by atoms with Gasteiger partial charge in [0, 0.05) is 6.54 Å². The molecule has 0 saturated carbocycles. The van der Waals surface area contributed by atoms with Crippen molar-refractivity contribution >= 4 is 11.7 Å². The summed E-state index contributed by atoms with van der Waals surface area (Å²) >= 11 is 0. The molecular formula is C9H12F3N5O. The predicted molar refractivity (Wildman–Crippen MR) is 58.4 cm³/mol. The molecule has 0 bridgehead atoms. The molecule has 0 spiro atoms. The van der Waals surface area contributed by atoms with Crippen molar-refractivity contribution in [1.29, 1.82) is 5.41 Å². The number of nitrogens with zero attached hydrogens (tertiary/aromatic N) is 3. The van der Waals surface area contributed by atoms with Gasteiger partial charge in [-0.3, -0.25) is 5.41 Å². The first-order valence-corrected chi connectivity index (χ1v) is 4.94. The van der Waals surface area contributed by atoms with E-state index in [9.17, 15) is 13.2 Å². The lowest BCUT2D eigenvalue weighted by Gasteiger charge is -2.25. The minimum absolute atomic E-state index is 0.0442. The Kier molecular flexibility index (Phi) is 4.43. The zero-order valence-corrected chi connectivity index (χ0v) is 9.28. The van der Waals surface area contributed by atoms with E-state index in [-0.39, 0.29) is 17.9 Å². The number of aromatic nitrogens is 2. The number of hydrogen-bond acceptors (Lipinski definition) is 5. The van der Waals surface area contributed by atoms with E-state index in [1.165, 1.54) is 12.3 Å². The van der Waals surface area contributed by atoms with E-state index in [1.807, 2.05) is 0 Å². The molecule has 1 aromatic heterocycles. The summed E-state index contributed by atoms with van der Waals surface area (Å²) in [6.07, 6.45) is -3.23. The van der Waals surface area contributed by atoms with Crippen LogP contribution in [0.4, 0.5) is 19.0 Å². The average molecular weight is 263 g/mol. The molecule has 4 N–H and O–H groups in total. The van der Waals surface area contributed by atoms with Gasteiger partial charge in [0.1, 0.15) is 12.4 Å². The van der Waals surface area contributed by atoms with Crippen molar-refractivity contribution in [2.75, 3.05) is 24.6 Å². The maximum Gasteiger partial charge on any atom is 0.405 e. The molecule has 0 unspecified atom stereocenters. The van der Waals surface area contributed by atoms with Crippen LogP contribution in [0.3, 0.4) is 0 Å². The summed E-state index contributed by atoms with van der Waals surface area (Å²) in [5.74, 6) is -0.582. The van der Waals surface area contributed by atoms with E-state index in [0.717, 1.165) is 4.90 Å². The van der Waals surface area contributed by atoms with Gasteiger partial charge in [-0.1, -0.05) is 0 Å². The molecule has 6 nitrogen and oxygen atoms in total. The van der Waals surface area contributed by atoms with Crippen LogP contribution < -0.4 is 10.6 Å². The number of amidine groups is 1. The van der Waals surface area contributed by atoms with Gasteiger partial charge in [-0.25, -0.2) is 0 Å². The normalized spacial score (nSPS) is 11.3. The maximum absolute atomic E-state index is 12.4. The van der Waals surface area contributed by atoms with Gasteiger partial charge in [-0.05, 0) is 6.07 Å². The second-order valence-electron chi connectivity index (χ2n) is 3.44. The highest BCUT2D eigenvalue weighted by Crippen LogP contribution is 2.22. The van der Waals surface area contributed by atoms with Crippen LogP contribution in [0.1, 0.15) is 5.56 Å². The van der Waals surface area contributed by atoms with E-state index >= 15 is 0 Å². The van der Waals surface area contributed by atoms with Crippen molar-refractivity contribution in [1.82, 2.24) is 10.2 Å². The number of hydrogen-bond donors (Lipinski definition) is 3. The summed E-state index contributed by atoms with van der Waals surface area (Å²) in [6.45, 7) is -2.06. The van der Waals surface area contributed by atoms with E-state index in [4.69, 9.17) is 16.2 Å². The molecule has 18 heavy (non-hydrogen) atoms.